The van der Waals surface area contributed by atoms with Gasteiger partial charge in [-0.25, -0.2) is 0 Å². The summed E-state index contributed by atoms with van der Waals surface area (Å²) in [5.74, 6) is -0.536. The molecule has 4 amide bonds. The Morgan fingerprint density at radius 2 is 1.83 bits per heavy atom. The van der Waals surface area contributed by atoms with Crippen molar-refractivity contribution in [1.29, 1.82) is 0 Å². The first-order valence-corrected chi connectivity index (χ1v) is 12.3. The molecule has 0 spiro atoms. The molecular formula is C26H27N3O5S. The third-order valence-electron chi connectivity index (χ3n) is 5.84. The summed E-state index contributed by atoms with van der Waals surface area (Å²) < 4.78 is 5.43. The van der Waals surface area contributed by atoms with Crippen molar-refractivity contribution >= 4 is 46.5 Å². The molecule has 2 saturated heterocycles. The number of nitrogens with zero attached hydrogens (tertiary/aromatic N) is 2. The lowest BCUT2D eigenvalue weighted by Gasteiger charge is -2.18. The number of benzene rings is 2. The minimum absolute atomic E-state index is 0.0743. The van der Waals surface area contributed by atoms with Crippen molar-refractivity contribution < 1.29 is 23.9 Å². The third-order valence-corrected chi connectivity index (χ3v) is 6.75. The molecule has 0 bridgehead atoms. The van der Waals surface area contributed by atoms with Gasteiger partial charge in [0.05, 0.1) is 17.4 Å². The first kappa shape index (κ1) is 24.5. The Balaban J connectivity index is 1.29. The maximum Gasteiger partial charge on any atom is 0.293 e. The Morgan fingerprint density at radius 1 is 1.11 bits per heavy atom. The highest BCUT2D eigenvalue weighted by molar-refractivity contribution is 8.18. The van der Waals surface area contributed by atoms with E-state index >= 15 is 0 Å². The fourth-order valence-corrected chi connectivity index (χ4v) is 4.83. The summed E-state index contributed by atoms with van der Waals surface area (Å²) in [6, 6.07) is 14.9. The molecule has 1 atom stereocenters. The van der Waals surface area contributed by atoms with E-state index in [4.69, 9.17) is 4.74 Å². The molecule has 2 aromatic carbocycles. The number of amides is 4. The van der Waals surface area contributed by atoms with Gasteiger partial charge in [0.1, 0.15) is 5.75 Å². The summed E-state index contributed by atoms with van der Waals surface area (Å²) in [6.45, 7) is 4.91. The van der Waals surface area contributed by atoms with Crippen molar-refractivity contribution in [2.24, 2.45) is 5.92 Å². The van der Waals surface area contributed by atoms with Crippen molar-refractivity contribution in [2.45, 2.75) is 20.3 Å². The predicted octanol–water partition coefficient (Wildman–Crippen LogP) is 3.60. The number of rotatable bonds is 8. The first-order chi connectivity index (χ1) is 16.9. The van der Waals surface area contributed by atoms with Crippen molar-refractivity contribution in [1.82, 2.24) is 10.2 Å². The Hall–Kier alpha value is -3.59. The molecule has 2 fully saturated rings. The van der Waals surface area contributed by atoms with E-state index in [1.165, 1.54) is 0 Å². The Bertz CT molecular complexity index is 1160. The largest absolute Gasteiger partial charge is 0.494 e. The lowest BCUT2D eigenvalue weighted by molar-refractivity contribution is -0.127. The smallest absolute Gasteiger partial charge is 0.293 e. The van der Waals surface area contributed by atoms with Crippen molar-refractivity contribution in [3.8, 4) is 5.75 Å². The Morgan fingerprint density at radius 3 is 2.51 bits per heavy atom. The van der Waals surface area contributed by atoms with E-state index < -0.39 is 5.92 Å². The van der Waals surface area contributed by atoms with Crippen molar-refractivity contribution in [2.75, 3.05) is 31.1 Å². The van der Waals surface area contributed by atoms with E-state index in [2.05, 4.69) is 5.32 Å². The molecule has 0 saturated carbocycles. The van der Waals surface area contributed by atoms with Gasteiger partial charge in [0.15, 0.2) is 0 Å². The van der Waals surface area contributed by atoms with Crippen molar-refractivity contribution in [3.63, 3.8) is 0 Å². The van der Waals surface area contributed by atoms with Gasteiger partial charge in [0, 0.05) is 31.7 Å². The van der Waals surface area contributed by atoms with Gasteiger partial charge in [-0.15, -0.1) is 0 Å². The summed E-state index contributed by atoms with van der Waals surface area (Å²) in [7, 11) is 0. The zero-order valence-corrected chi connectivity index (χ0v) is 20.5. The summed E-state index contributed by atoms with van der Waals surface area (Å²) in [5.41, 5.74) is 2.67. The molecule has 4 rings (SSSR count). The molecule has 0 aliphatic carbocycles. The predicted molar refractivity (Wildman–Crippen MR) is 135 cm³/mol. The highest BCUT2D eigenvalue weighted by Crippen LogP contribution is 2.32. The van der Waals surface area contributed by atoms with Gasteiger partial charge < -0.3 is 15.0 Å². The summed E-state index contributed by atoms with van der Waals surface area (Å²) >= 11 is 0.893. The average Bonchev–Trinajstić information content (AvgIpc) is 3.36. The van der Waals surface area contributed by atoms with Gasteiger partial charge in [-0.3, -0.25) is 24.1 Å². The number of ether oxygens (including phenoxy) is 1. The molecule has 35 heavy (non-hydrogen) atoms. The molecule has 9 heteroatoms. The number of hydrogen-bond acceptors (Lipinski definition) is 6. The lowest BCUT2D eigenvalue weighted by atomic mass is 10.1. The fourth-order valence-electron chi connectivity index (χ4n) is 3.96. The quantitative estimate of drug-likeness (QED) is 0.565. The second-order valence-corrected chi connectivity index (χ2v) is 9.36. The molecule has 182 valence electrons. The molecular weight excluding hydrogens is 466 g/mol. The number of carbonyl (C=O) groups is 4. The van der Waals surface area contributed by atoms with Crippen LogP contribution in [0.15, 0.2) is 53.4 Å². The van der Waals surface area contributed by atoms with E-state index in [1.54, 1.807) is 35.2 Å². The number of nitrogens with one attached hydrogen (secondary N) is 1. The van der Waals surface area contributed by atoms with Crippen LogP contribution in [0.5, 0.6) is 5.75 Å². The summed E-state index contributed by atoms with van der Waals surface area (Å²) in [5, 5.41) is 2.41. The van der Waals surface area contributed by atoms with Gasteiger partial charge in [-0.2, -0.15) is 0 Å². The van der Waals surface area contributed by atoms with Gasteiger partial charge in [0.2, 0.25) is 11.8 Å². The van der Waals surface area contributed by atoms with Crippen LogP contribution in [0, 0.1) is 12.8 Å². The molecule has 1 N–H and O–H groups in total. The van der Waals surface area contributed by atoms with Crippen LogP contribution in [0.1, 0.15) is 24.5 Å². The molecule has 0 aromatic heterocycles. The molecule has 2 aliphatic rings. The van der Waals surface area contributed by atoms with Crippen LogP contribution in [0.2, 0.25) is 0 Å². The highest BCUT2D eigenvalue weighted by Gasteiger charge is 2.37. The van der Waals surface area contributed by atoms with Gasteiger partial charge in [0.25, 0.3) is 11.1 Å². The summed E-state index contributed by atoms with van der Waals surface area (Å²) in [6.07, 6.45) is 1.81. The van der Waals surface area contributed by atoms with Crippen LogP contribution in [-0.4, -0.2) is 54.1 Å². The first-order valence-electron chi connectivity index (χ1n) is 11.5. The zero-order valence-electron chi connectivity index (χ0n) is 19.7. The number of imide groups is 1. The second kappa shape index (κ2) is 10.8. The van der Waals surface area contributed by atoms with E-state index in [0.717, 1.165) is 33.5 Å². The van der Waals surface area contributed by atoms with E-state index in [1.807, 2.05) is 38.1 Å². The van der Waals surface area contributed by atoms with Crippen LogP contribution in [-0.2, 0) is 14.4 Å². The third kappa shape index (κ3) is 5.74. The number of anilines is 1. The van der Waals surface area contributed by atoms with Crippen LogP contribution in [0.4, 0.5) is 10.5 Å². The van der Waals surface area contributed by atoms with E-state index in [9.17, 15) is 19.2 Å². The Kier molecular flexibility index (Phi) is 7.55. The fraction of sp³-hybridized carbons (Fsp3) is 0.308. The average molecular weight is 494 g/mol. The van der Waals surface area contributed by atoms with E-state index in [0.29, 0.717) is 17.2 Å². The van der Waals surface area contributed by atoms with Gasteiger partial charge in [-0.1, -0.05) is 29.8 Å². The lowest BCUT2D eigenvalue weighted by Crippen LogP contribution is -2.40. The minimum atomic E-state index is -0.495. The Labute approximate surface area is 208 Å². The molecule has 0 radical (unpaired) electrons. The number of aryl methyl sites for hydroxylation is 1. The number of thioether (sulfide) groups is 1. The van der Waals surface area contributed by atoms with Crippen LogP contribution >= 0.6 is 11.8 Å². The molecule has 2 aliphatic heterocycles. The normalized spacial score (nSPS) is 19.1. The van der Waals surface area contributed by atoms with Gasteiger partial charge >= 0.3 is 0 Å². The molecule has 2 heterocycles. The summed E-state index contributed by atoms with van der Waals surface area (Å²) in [4.78, 5) is 53.2. The molecule has 8 nitrogen and oxygen atoms in total. The minimum Gasteiger partial charge on any atom is -0.494 e. The maximum atomic E-state index is 12.7. The number of hydrogen-bond donors (Lipinski definition) is 1. The zero-order chi connectivity index (χ0) is 24.9. The SMILES string of the molecule is CCOc1ccc(N2CC(C(=O)NCCN3C(=O)SC(=Cc4ccc(C)cc4)C3=O)CC2=O)cc1. The number of carbonyl (C=O) groups excluding carboxylic acids is 4. The maximum absolute atomic E-state index is 12.7. The van der Waals surface area contributed by atoms with Crippen LogP contribution in [0.3, 0.4) is 0 Å². The topological polar surface area (TPSA) is 96.0 Å². The molecule has 2 aromatic rings. The standard InChI is InChI=1S/C26H27N3O5S/c1-3-34-21-10-8-20(9-11-21)29-16-19(15-23(29)30)24(31)27-12-13-28-25(32)22(35-26(28)33)14-18-6-4-17(2)5-7-18/h4-11,14,19H,3,12-13,15-16H2,1-2H3,(H,27,31). The van der Waals surface area contributed by atoms with Gasteiger partial charge in [-0.05, 0) is 61.5 Å². The molecule has 1 unspecified atom stereocenters. The van der Waals surface area contributed by atoms with Crippen molar-refractivity contribution in [3.05, 3.63) is 64.6 Å². The van der Waals surface area contributed by atoms with Crippen LogP contribution < -0.4 is 15.0 Å². The second-order valence-electron chi connectivity index (χ2n) is 8.37. The highest BCUT2D eigenvalue weighted by atomic mass is 32.2. The van der Waals surface area contributed by atoms with E-state index in [-0.39, 0.29) is 49.0 Å². The monoisotopic (exact) mass is 493 g/mol. The van der Waals surface area contributed by atoms with Crippen LogP contribution in [0.25, 0.3) is 6.08 Å².